The highest BCUT2D eigenvalue weighted by atomic mass is 32.2. The molecule has 0 aromatic heterocycles. The van der Waals surface area contributed by atoms with Gasteiger partial charge in [-0.25, -0.2) is 0 Å². The van der Waals surface area contributed by atoms with E-state index in [1.54, 1.807) is 0 Å². The number of nitrogens with zero attached hydrogens (tertiary/aromatic N) is 1. The Bertz CT molecular complexity index is 886. The van der Waals surface area contributed by atoms with Crippen molar-refractivity contribution in [3.8, 4) is 5.75 Å². The molecule has 1 aliphatic heterocycles. The summed E-state index contributed by atoms with van der Waals surface area (Å²) in [5, 5.41) is 0. The van der Waals surface area contributed by atoms with Gasteiger partial charge in [0.1, 0.15) is 5.75 Å². The molecule has 0 spiro atoms. The van der Waals surface area contributed by atoms with Crippen LogP contribution in [0.3, 0.4) is 0 Å². The first-order chi connectivity index (χ1) is 13.4. The number of hydrogen-bond donors (Lipinski definition) is 0. The molecule has 28 heavy (non-hydrogen) atoms. The molecule has 0 bridgehead atoms. The number of benzene rings is 2. The highest BCUT2D eigenvalue weighted by Gasteiger charge is 2.40. The lowest BCUT2D eigenvalue weighted by Gasteiger charge is -2.19. The summed E-state index contributed by atoms with van der Waals surface area (Å²) < 4.78 is 5.73. The Balaban J connectivity index is 1.97. The van der Waals surface area contributed by atoms with E-state index in [1.807, 2.05) is 68.4 Å². The maximum absolute atomic E-state index is 13.1. The average molecular weight is 396 g/mol. The Morgan fingerprint density at radius 2 is 1.54 bits per heavy atom. The molecule has 1 heterocycles. The Morgan fingerprint density at radius 3 is 2.11 bits per heavy atom. The zero-order valence-corrected chi connectivity index (χ0v) is 17.5. The third kappa shape index (κ3) is 4.30. The fourth-order valence-electron chi connectivity index (χ4n) is 2.93. The monoisotopic (exact) mass is 395 g/mol. The van der Waals surface area contributed by atoms with Gasteiger partial charge in [0.05, 0.1) is 17.1 Å². The molecule has 2 aromatic rings. The largest absolute Gasteiger partial charge is 0.493 e. The van der Waals surface area contributed by atoms with Crippen LogP contribution in [0.15, 0.2) is 64.4 Å². The van der Waals surface area contributed by atoms with E-state index in [2.05, 4.69) is 13.8 Å². The molecule has 0 unspecified atom stereocenters. The molecule has 0 saturated carbocycles. The van der Waals surface area contributed by atoms with Gasteiger partial charge in [0.2, 0.25) is 0 Å². The highest BCUT2D eigenvalue weighted by Crippen LogP contribution is 2.40. The summed E-state index contributed by atoms with van der Waals surface area (Å²) in [6.45, 7) is 8.53. The maximum atomic E-state index is 13.1. The number of hydrogen-bond acceptors (Lipinski definition) is 4. The SMILES string of the molecule is CC(C)COc1ccc(C2=C(Sc3ccccc3)C(=O)N(C(C)C)C2=O)cc1. The zero-order valence-electron chi connectivity index (χ0n) is 16.6. The molecular formula is C23H25NO3S. The van der Waals surface area contributed by atoms with E-state index < -0.39 is 0 Å². The number of carbonyl (C=O) groups is 2. The number of rotatable bonds is 7. The van der Waals surface area contributed by atoms with Crippen LogP contribution in [0, 0.1) is 5.92 Å². The first-order valence-corrected chi connectivity index (χ1v) is 10.3. The molecule has 5 heteroatoms. The van der Waals surface area contributed by atoms with Crippen LogP contribution >= 0.6 is 11.8 Å². The lowest BCUT2D eigenvalue weighted by atomic mass is 10.1. The smallest absolute Gasteiger partial charge is 0.268 e. The van der Waals surface area contributed by atoms with Crippen LogP contribution < -0.4 is 4.74 Å². The molecular weight excluding hydrogens is 370 g/mol. The predicted molar refractivity (Wildman–Crippen MR) is 113 cm³/mol. The van der Waals surface area contributed by atoms with Crippen molar-refractivity contribution >= 4 is 29.1 Å². The summed E-state index contributed by atoms with van der Waals surface area (Å²) >= 11 is 1.34. The van der Waals surface area contributed by atoms with Crippen molar-refractivity contribution in [3.05, 3.63) is 65.1 Å². The van der Waals surface area contributed by atoms with E-state index in [-0.39, 0.29) is 17.9 Å². The molecule has 0 aliphatic carbocycles. The Morgan fingerprint density at radius 1 is 0.893 bits per heavy atom. The van der Waals surface area contributed by atoms with Crippen molar-refractivity contribution in [2.24, 2.45) is 5.92 Å². The van der Waals surface area contributed by atoms with Crippen LogP contribution in [0.2, 0.25) is 0 Å². The number of amides is 2. The van der Waals surface area contributed by atoms with Crippen LogP contribution in [0.1, 0.15) is 33.3 Å². The summed E-state index contributed by atoms with van der Waals surface area (Å²) in [6, 6.07) is 16.9. The summed E-state index contributed by atoms with van der Waals surface area (Å²) in [6.07, 6.45) is 0. The van der Waals surface area contributed by atoms with E-state index in [0.717, 1.165) is 16.2 Å². The van der Waals surface area contributed by atoms with E-state index in [9.17, 15) is 9.59 Å². The standard InChI is InChI=1S/C23H25NO3S/c1-15(2)14-27-18-12-10-17(11-13-18)20-21(28-19-8-6-5-7-9-19)23(26)24(16(3)4)22(20)25/h5-13,15-16H,14H2,1-4H3. The third-order valence-corrected chi connectivity index (χ3v) is 5.37. The second-order valence-electron chi connectivity index (χ2n) is 7.42. The van der Waals surface area contributed by atoms with Gasteiger partial charge in [0, 0.05) is 10.9 Å². The van der Waals surface area contributed by atoms with E-state index in [0.29, 0.717) is 23.0 Å². The Kier molecular flexibility index (Phi) is 6.25. The fraction of sp³-hybridized carbons (Fsp3) is 0.304. The van der Waals surface area contributed by atoms with Crippen molar-refractivity contribution in [2.75, 3.05) is 6.61 Å². The molecule has 0 N–H and O–H groups in total. The van der Waals surface area contributed by atoms with Gasteiger partial charge in [-0.3, -0.25) is 14.5 Å². The average Bonchev–Trinajstić information content (AvgIpc) is 2.91. The van der Waals surface area contributed by atoms with E-state index >= 15 is 0 Å². The minimum Gasteiger partial charge on any atom is -0.493 e. The van der Waals surface area contributed by atoms with Gasteiger partial charge < -0.3 is 4.74 Å². The number of imide groups is 1. The lowest BCUT2D eigenvalue weighted by Crippen LogP contribution is -2.37. The first-order valence-electron chi connectivity index (χ1n) is 9.46. The topological polar surface area (TPSA) is 46.6 Å². The van der Waals surface area contributed by atoms with E-state index in [1.165, 1.54) is 16.7 Å². The highest BCUT2D eigenvalue weighted by molar-refractivity contribution is 8.04. The van der Waals surface area contributed by atoms with Crippen molar-refractivity contribution in [1.29, 1.82) is 0 Å². The van der Waals surface area contributed by atoms with Gasteiger partial charge in [-0.1, -0.05) is 55.9 Å². The van der Waals surface area contributed by atoms with Crippen molar-refractivity contribution < 1.29 is 14.3 Å². The number of thioether (sulfide) groups is 1. The minimum atomic E-state index is -0.241. The lowest BCUT2D eigenvalue weighted by molar-refractivity contribution is -0.138. The van der Waals surface area contributed by atoms with Crippen LogP contribution in [0.5, 0.6) is 5.75 Å². The second kappa shape index (κ2) is 8.65. The molecule has 0 fully saturated rings. The molecule has 4 nitrogen and oxygen atoms in total. The Labute approximate surface area is 170 Å². The first kappa shape index (κ1) is 20.2. The van der Waals surface area contributed by atoms with Gasteiger partial charge >= 0.3 is 0 Å². The molecule has 146 valence electrons. The molecule has 1 aliphatic rings. The summed E-state index contributed by atoms with van der Waals surface area (Å²) in [4.78, 5) is 28.8. The molecule has 0 radical (unpaired) electrons. The predicted octanol–water partition coefficient (Wildman–Crippen LogP) is 5.00. The van der Waals surface area contributed by atoms with Crippen LogP contribution in [0.25, 0.3) is 5.57 Å². The van der Waals surface area contributed by atoms with Crippen molar-refractivity contribution in [3.63, 3.8) is 0 Å². The van der Waals surface area contributed by atoms with Crippen LogP contribution in [-0.4, -0.2) is 29.4 Å². The maximum Gasteiger partial charge on any atom is 0.268 e. The molecule has 2 amide bonds. The van der Waals surface area contributed by atoms with Crippen molar-refractivity contribution in [1.82, 2.24) is 4.90 Å². The Hall–Kier alpha value is -2.53. The zero-order chi connectivity index (χ0) is 20.3. The molecule has 0 atom stereocenters. The number of carbonyl (C=O) groups excluding carboxylic acids is 2. The van der Waals surface area contributed by atoms with Gasteiger partial charge in [0.15, 0.2) is 0 Å². The van der Waals surface area contributed by atoms with E-state index in [4.69, 9.17) is 4.74 Å². The molecule has 2 aromatic carbocycles. The van der Waals surface area contributed by atoms with Crippen molar-refractivity contribution in [2.45, 2.75) is 38.6 Å². The van der Waals surface area contributed by atoms with Gasteiger partial charge in [-0.15, -0.1) is 0 Å². The summed E-state index contributed by atoms with van der Waals surface area (Å²) in [7, 11) is 0. The second-order valence-corrected chi connectivity index (χ2v) is 8.51. The van der Waals surface area contributed by atoms with Crippen LogP contribution in [-0.2, 0) is 9.59 Å². The number of ether oxygens (including phenoxy) is 1. The third-order valence-electron chi connectivity index (χ3n) is 4.28. The fourth-order valence-corrected chi connectivity index (χ4v) is 3.95. The van der Waals surface area contributed by atoms with Gasteiger partial charge in [0.25, 0.3) is 11.8 Å². The minimum absolute atomic E-state index is 0.197. The van der Waals surface area contributed by atoms with Gasteiger partial charge in [-0.05, 0) is 49.6 Å². The quantitative estimate of drug-likeness (QED) is 0.619. The molecule has 3 rings (SSSR count). The van der Waals surface area contributed by atoms with Crippen LogP contribution in [0.4, 0.5) is 0 Å². The molecule has 0 saturated heterocycles. The summed E-state index contributed by atoms with van der Waals surface area (Å²) in [5.41, 5.74) is 1.19. The normalized spacial score (nSPS) is 14.6. The summed E-state index contributed by atoms with van der Waals surface area (Å²) in [5.74, 6) is 0.718. The van der Waals surface area contributed by atoms with Gasteiger partial charge in [-0.2, -0.15) is 0 Å².